The molecule has 7 heteroatoms. The number of ether oxygens (including phenoxy) is 1. The lowest BCUT2D eigenvalue weighted by atomic mass is 9.59. The Morgan fingerprint density at radius 3 is 1.44 bits per heavy atom. The van der Waals surface area contributed by atoms with Gasteiger partial charge in [0.1, 0.15) is 17.3 Å². The molecular formula is C34H35ClO6. The molecule has 0 amide bonds. The number of rotatable bonds is 10. The molecule has 214 valence electrons. The SMILES string of the molecule is OC(Cc1ccccc1)[C@H]1O[C@H](OCl)[C@](O)(Cc2ccccc2)[C@](O)(Cc2ccccc2)[C@@]1(O)Cc1ccccc1. The molecule has 1 saturated heterocycles. The number of aliphatic hydroxyl groups is 4. The standard InChI is InChI=1S/C34H35ClO6/c35-41-31-33(38,23-27-17-9-3-10-18-27)34(39,24-28-19-11-4-12-20-28)32(37,22-26-15-7-2-8-16-26)30(40-31)29(36)21-25-13-5-1-6-14-25/h1-20,29-31,36-39H,21-24H2/t29?,30-,31-,32-,33-,34+/m1/s1. The molecule has 0 spiro atoms. The fraction of sp³-hybridized carbons (Fsp3) is 0.294. The Bertz CT molecular complexity index is 1380. The maximum atomic E-state index is 12.9. The zero-order valence-corrected chi connectivity index (χ0v) is 23.3. The van der Waals surface area contributed by atoms with Crippen molar-refractivity contribution in [2.24, 2.45) is 0 Å². The summed E-state index contributed by atoms with van der Waals surface area (Å²) < 4.78 is 11.4. The lowest BCUT2D eigenvalue weighted by molar-refractivity contribution is -0.395. The summed E-state index contributed by atoms with van der Waals surface area (Å²) in [5.41, 5.74) is -3.91. The van der Waals surface area contributed by atoms with Crippen molar-refractivity contribution in [3.05, 3.63) is 144 Å². The summed E-state index contributed by atoms with van der Waals surface area (Å²) in [5.74, 6) is 0. The number of benzene rings is 4. The van der Waals surface area contributed by atoms with Crippen molar-refractivity contribution < 1.29 is 29.5 Å². The molecule has 0 radical (unpaired) electrons. The minimum absolute atomic E-state index is 0.121. The molecule has 4 N–H and O–H groups in total. The Labute approximate surface area is 245 Å². The van der Waals surface area contributed by atoms with Gasteiger partial charge in [0.2, 0.25) is 6.29 Å². The van der Waals surface area contributed by atoms with Crippen molar-refractivity contribution in [3.63, 3.8) is 0 Å². The molecule has 6 nitrogen and oxygen atoms in total. The molecule has 1 fully saturated rings. The smallest absolute Gasteiger partial charge is 0.209 e. The van der Waals surface area contributed by atoms with Crippen LogP contribution in [0.1, 0.15) is 22.3 Å². The third-order valence-corrected chi connectivity index (χ3v) is 8.38. The van der Waals surface area contributed by atoms with E-state index in [9.17, 15) is 20.4 Å². The summed E-state index contributed by atoms with van der Waals surface area (Å²) >= 11 is 5.99. The van der Waals surface area contributed by atoms with Crippen molar-refractivity contribution in [1.29, 1.82) is 0 Å². The van der Waals surface area contributed by atoms with Gasteiger partial charge in [-0.25, -0.2) is 4.29 Å². The van der Waals surface area contributed by atoms with Gasteiger partial charge in [0.15, 0.2) is 5.60 Å². The van der Waals surface area contributed by atoms with Gasteiger partial charge in [-0.3, -0.25) is 0 Å². The van der Waals surface area contributed by atoms with Crippen LogP contribution in [0.15, 0.2) is 121 Å². The van der Waals surface area contributed by atoms with E-state index in [0.29, 0.717) is 16.7 Å². The van der Waals surface area contributed by atoms with E-state index in [4.69, 9.17) is 20.9 Å². The van der Waals surface area contributed by atoms with E-state index in [1.165, 1.54) is 0 Å². The van der Waals surface area contributed by atoms with Gasteiger partial charge in [-0.1, -0.05) is 121 Å². The number of aliphatic hydroxyl groups excluding tert-OH is 1. The van der Waals surface area contributed by atoms with E-state index >= 15 is 0 Å². The van der Waals surface area contributed by atoms with Gasteiger partial charge in [0.25, 0.3) is 0 Å². The molecule has 0 aliphatic carbocycles. The van der Waals surface area contributed by atoms with Crippen LogP contribution in [-0.4, -0.2) is 55.7 Å². The molecule has 0 bridgehead atoms. The number of hydrogen-bond acceptors (Lipinski definition) is 6. The third kappa shape index (κ3) is 5.83. The zero-order valence-electron chi connectivity index (χ0n) is 22.6. The van der Waals surface area contributed by atoms with Gasteiger partial charge in [0.05, 0.1) is 18.0 Å². The average Bonchev–Trinajstić information content (AvgIpc) is 2.98. The quantitative estimate of drug-likeness (QED) is 0.224. The van der Waals surface area contributed by atoms with Gasteiger partial charge in [-0.2, -0.15) is 0 Å². The monoisotopic (exact) mass is 574 g/mol. The van der Waals surface area contributed by atoms with E-state index in [2.05, 4.69) is 0 Å². The van der Waals surface area contributed by atoms with Crippen molar-refractivity contribution in [1.82, 2.24) is 0 Å². The first kappa shape index (κ1) is 29.4. The van der Waals surface area contributed by atoms with Gasteiger partial charge < -0.3 is 25.2 Å². The molecule has 0 aromatic heterocycles. The Balaban J connectivity index is 1.68. The highest BCUT2D eigenvalue weighted by Crippen LogP contribution is 2.51. The summed E-state index contributed by atoms with van der Waals surface area (Å²) in [7, 11) is 0. The molecule has 41 heavy (non-hydrogen) atoms. The first-order chi connectivity index (χ1) is 19.8. The molecule has 1 aliphatic rings. The van der Waals surface area contributed by atoms with Gasteiger partial charge in [-0.05, 0) is 22.3 Å². The van der Waals surface area contributed by atoms with Crippen LogP contribution in [0.3, 0.4) is 0 Å². The highest BCUT2D eigenvalue weighted by molar-refractivity contribution is 6.07. The van der Waals surface area contributed by atoms with Crippen LogP contribution in [0.4, 0.5) is 0 Å². The first-order valence-electron chi connectivity index (χ1n) is 13.7. The van der Waals surface area contributed by atoms with Crippen molar-refractivity contribution >= 4 is 11.9 Å². The van der Waals surface area contributed by atoms with Crippen molar-refractivity contribution in [2.75, 3.05) is 0 Å². The third-order valence-electron chi connectivity index (χ3n) is 8.22. The van der Waals surface area contributed by atoms with Gasteiger partial charge in [0, 0.05) is 25.7 Å². The lowest BCUT2D eigenvalue weighted by Crippen LogP contribution is -2.83. The minimum Gasteiger partial charge on any atom is -0.390 e. The molecule has 1 aliphatic heterocycles. The van der Waals surface area contributed by atoms with Crippen LogP contribution < -0.4 is 0 Å². The fourth-order valence-electron chi connectivity index (χ4n) is 6.12. The Kier molecular flexibility index (Phi) is 8.92. The normalized spacial score (nSPS) is 28.7. The largest absolute Gasteiger partial charge is 0.390 e. The topological polar surface area (TPSA) is 99.4 Å². The van der Waals surface area contributed by atoms with Crippen molar-refractivity contribution in [3.8, 4) is 0 Å². The highest BCUT2D eigenvalue weighted by atomic mass is 35.5. The second-order valence-corrected chi connectivity index (χ2v) is 11.1. The zero-order chi connectivity index (χ0) is 28.9. The first-order valence-corrected chi connectivity index (χ1v) is 14.0. The molecule has 5 rings (SSSR count). The maximum absolute atomic E-state index is 12.9. The molecule has 0 saturated carbocycles. The molecule has 4 aromatic rings. The van der Waals surface area contributed by atoms with Crippen LogP contribution in [-0.2, 0) is 34.7 Å². The maximum Gasteiger partial charge on any atom is 0.209 e. The predicted molar refractivity (Wildman–Crippen MR) is 157 cm³/mol. The molecule has 1 unspecified atom stereocenters. The van der Waals surface area contributed by atoms with Gasteiger partial charge >= 0.3 is 0 Å². The van der Waals surface area contributed by atoms with Crippen LogP contribution in [0, 0.1) is 0 Å². The van der Waals surface area contributed by atoms with Crippen molar-refractivity contribution in [2.45, 2.75) is 61.0 Å². The van der Waals surface area contributed by atoms with Crippen LogP contribution in [0.5, 0.6) is 0 Å². The van der Waals surface area contributed by atoms with E-state index < -0.39 is 35.3 Å². The van der Waals surface area contributed by atoms with E-state index in [-0.39, 0.29) is 25.7 Å². The highest BCUT2D eigenvalue weighted by Gasteiger charge is 2.73. The molecule has 4 aromatic carbocycles. The van der Waals surface area contributed by atoms with Crippen LogP contribution in [0.2, 0.25) is 0 Å². The average molecular weight is 575 g/mol. The van der Waals surface area contributed by atoms with E-state index in [1.807, 2.05) is 109 Å². The summed E-state index contributed by atoms with van der Waals surface area (Å²) in [6, 6.07) is 36.7. The molecular weight excluding hydrogens is 540 g/mol. The Morgan fingerprint density at radius 2 is 1.00 bits per heavy atom. The Morgan fingerprint density at radius 1 is 0.610 bits per heavy atom. The van der Waals surface area contributed by atoms with Crippen LogP contribution in [0.25, 0.3) is 0 Å². The molecule has 6 atom stereocenters. The summed E-state index contributed by atoms with van der Waals surface area (Å²) in [6.07, 6.45) is -4.59. The van der Waals surface area contributed by atoms with Gasteiger partial charge in [-0.15, -0.1) is 0 Å². The Hall–Kier alpha value is -3.07. The van der Waals surface area contributed by atoms with E-state index in [1.54, 1.807) is 12.1 Å². The van der Waals surface area contributed by atoms with E-state index in [0.717, 1.165) is 5.56 Å². The minimum atomic E-state index is -2.31. The summed E-state index contributed by atoms with van der Waals surface area (Å²) in [6.45, 7) is 0. The lowest BCUT2D eigenvalue weighted by Gasteiger charge is -2.61. The second kappa shape index (κ2) is 12.4. The second-order valence-electron chi connectivity index (χ2n) is 10.9. The summed E-state index contributed by atoms with van der Waals surface area (Å²) in [4.78, 5) is 0. The predicted octanol–water partition coefficient (Wildman–Crippen LogP) is 4.41. The number of halogens is 1. The number of hydrogen-bond donors (Lipinski definition) is 4. The summed E-state index contributed by atoms with van der Waals surface area (Å²) in [5, 5.41) is 50.0. The molecule has 1 heterocycles. The fourth-order valence-corrected chi connectivity index (χ4v) is 6.31. The van der Waals surface area contributed by atoms with Crippen LogP contribution >= 0.6 is 11.9 Å².